The summed E-state index contributed by atoms with van der Waals surface area (Å²) in [5.41, 5.74) is 0.794. The van der Waals surface area contributed by atoms with Gasteiger partial charge in [-0.25, -0.2) is 4.79 Å². The van der Waals surface area contributed by atoms with E-state index in [-0.39, 0.29) is 11.5 Å². The van der Waals surface area contributed by atoms with Crippen molar-refractivity contribution < 1.29 is 24.0 Å². The Morgan fingerprint density at radius 3 is 2.46 bits per heavy atom. The fourth-order valence-electron chi connectivity index (χ4n) is 2.16. The van der Waals surface area contributed by atoms with E-state index < -0.39 is 17.0 Å². The molecule has 0 spiro atoms. The number of benzene rings is 2. The fourth-order valence-corrected chi connectivity index (χ4v) is 2.16. The molecule has 0 saturated heterocycles. The lowest BCUT2D eigenvalue weighted by Gasteiger charge is -2.11. The number of ketones is 1. The van der Waals surface area contributed by atoms with Crippen LogP contribution in [0.3, 0.4) is 0 Å². The summed E-state index contributed by atoms with van der Waals surface area (Å²) < 4.78 is 10.1. The number of esters is 1. The molecule has 134 valence electrons. The molecule has 1 atom stereocenters. The van der Waals surface area contributed by atoms with Gasteiger partial charge in [0.05, 0.1) is 12.0 Å². The number of ether oxygens (including phenoxy) is 2. The first-order chi connectivity index (χ1) is 12.4. The highest BCUT2D eigenvalue weighted by Crippen LogP contribution is 2.15. The van der Waals surface area contributed by atoms with Crippen LogP contribution < -0.4 is 4.74 Å². The third-order valence-corrected chi connectivity index (χ3v) is 3.53. The van der Waals surface area contributed by atoms with E-state index in [2.05, 4.69) is 0 Å². The van der Waals surface area contributed by atoms with Crippen molar-refractivity contribution in [3.05, 3.63) is 75.8 Å². The molecule has 2 aromatic carbocycles. The molecule has 0 aliphatic carbocycles. The topological polar surface area (TPSA) is 95.7 Å². The lowest BCUT2D eigenvalue weighted by Crippen LogP contribution is -2.23. The third-order valence-electron chi connectivity index (χ3n) is 3.53. The van der Waals surface area contributed by atoms with Gasteiger partial charge in [0.15, 0.2) is 6.10 Å². The molecule has 0 radical (unpaired) electrons. The summed E-state index contributed by atoms with van der Waals surface area (Å²) in [6, 6.07) is 12.3. The lowest BCUT2D eigenvalue weighted by molar-refractivity contribution is -0.384. The van der Waals surface area contributed by atoms with Gasteiger partial charge in [0, 0.05) is 23.8 Å². The summed E-state index contributed by atoms with van der Waals surface area (Å²) >= 11 is 0. The summed E-state index contributed by atoms with van der Waals surface area (Å²) in [7, 11) is 1.52. The second-order valence-corrected chi connectivity index (χ2v) is 5.36. The molecule has 0 aliphatic heterocycles. The van der Waals surface area contributed by atoms with Crippen LogP contribution in [0.15, 0.2) is 54.6 Å². The minimum absolute atomic E-state index is 0.0800. The second-order valence-electron chi connectivity index (χ2n) is 5.36. The standard InChI is InChI=1S/C19H17NO6/c1-13(19(22)15-7-9-17(25-2)10-8-15)26-18(21)11-6-14-4-3-5-16(12-14)20(23)24/h3-13H,1-2H3/b11-6+. The molecule has 7 heteroatoms. The molecule has 0 bridgehead atoms. The first kappa shape index (κ1) is 18.9. The number of rotatable bonds is 7. The first-order valence-electron chi connectivity index (χ1n) is 7.72. The third kappa shape index (κ3) is 5.01. The number of nitro benzene ring substituents is 1. The molecule has 0 heterocycles. The minimum atomic E-state index is -0.967. The molecule has 0 saturated carbocycles. The normalized spacial score (nSPS) is 11.8. The number of hydrogen-bond acceptors (Lipinski definition) is 6. The first-order valence-corrected chi connectivity index (χ1v) is 7.72. The molecule has 26 heavy (non-hydrogen) atoms. The largest absolute Gasteiger partial charge is 0.497 e. The van der Waals surface area contributed by atoms with Crippen molar-refractivity contribution in [2.24, 2.45) is 0 Å². The maximum absolute atomic E-state index is 12.3. The maximum Gasteiger partial charge on any atom is 0.331 e. The smallest absolute Gasteiger partial charge is 0.331 e. The van der Waals surface area contributed by atoms with Crippen LogP contribution in [0.1, 0.15) is 22.8 Å². The Morgan fingerprint density at radius 2 is 1.85 bits per heavy atom. The number of hydrogen-bond donors (Lipinski definition) is 0. The van der Waals surface area contributed by atoms with Crippen LogP contribution in [0.4, 0.5) is 5.69 Å². The average Bonchev–Trinajstić information content (AvgIpc) is 2.66. The van der Waals surface area contributed by atoms with Gasteiger partial charge in [-0.2, -0.15) is 0 Å². The quantitative estimate of drug-likeness (QED) is 0.248. The van der Waals surface area contributed by atoms with Crippen molar-refractivity contribution in [3.63, 3.8) is 0 Å². The molecule has 7 nitrogen and oxygen atoms in total. The van der Waals surface area contributed by atoms with Gasteiger partial charge < -0.3 is 9.47 Å². The molecular weight excluding hydrogens is 338 g/mol. The number of nitro groups is 1. The Bertz CT molecular complexity index is 841. The Labute approximate surface area is 150 Å². The summed E-state index contributed by atoms with van der Waals surface area (Å²) in [4.78, 5) is 34.3. The maximum atomic E-state index is 12.3. The van der Waals surface area contributed by atoms with E-state index in [9.17, 15) is 19.7 Å². The second kappa shape index (κ2) is 8.57. The zero-order valence-electron chi connectivity index (χ0n) is 14.2. The Kier molecular flexibility index (Phi) is 6.21. The zero-order valence-corrected chi connectivity index (χ0v) is 14.2. The van der Waals surface area contributed by atoms with Crippen molar-refractivity contribution >= 4 is 23.5 Å². The Balaban J connectivity index is 1.98. The molecule has 0 N–H and O–H groups in total. The highest BCUT2D eigenvalue weighted by Gasteiger charge is 2.18. The zero-order chi connectivity index (χ0) is 19.1. The molecule has 0 amide bonds. The van der Waals surface area contributed by atoms with Crippen LogP contribution in [-0.4, -0.2) is 29.9 Å². The van der Waals surface area contributed by atoms with Crippen LogP contribution in [0.5, 0.6) is 5.75 Å². The Hall–Kier alpha value is -3.48. The van der Waals surface area contributed by atoms with Crippen molar-refractivity contribution in [2.75, 3.05) is 7.11 Å². The highest BCUT2D eigenvalue weighted by molar-refractivity contribution is 6.01. The van der Waals surface area contributed by atoms with Gasteiger partial charge in [-0.05, 0) is 42.8 Å². The van der Waals surface area contributed by atoms with Gasteiger partial charge in [0.1, 0.15) is 5.75 Å². The predicted octanol–water partition coefficient (Wildman–Crippen LogP) is 3.43. The van der Waals surface area contributed by atoms with E-state index in [0.717, 1.165) is 6.08 Å². The monoisotopic (exact) mass is 355 g/mol. The molecule has 1 unspecified atom stereocenters. The van der Waals surface area contributed by atoms with E-state index in [0.29, 0.717) is 16.9 Å². The minimum Gasteiger partial charge on any atom is -0.497 e. The van der Waals surface area contributed by atoms with Crippen LogP contribution in [0.25, 0.3) is 6.08 Å². The van der Waals surface area contributed by atoms with Crippen molar-refractivity contribution in [2.45, 2.75) is 13.0 Å². The highest BCUT2D eigenvalue weighted by atomic mass is 16.6. The molecular formula is C19H17NO6. The summed E-state index contributed by atoms with van der Waals surface area (Å²) in [6.45, 7) is 1.48. The molecule has 0 fully saturated rings. The van der Waals surface area contributed by atoms with E-state index in [1.165, 1.54) is 38.3 Å². The number of methoxy groups -OCH3 is 1. The summed E-state index contributed by atoms with van der Waals surface area (Å²) in [6.07, 6.45) is 1.54. The molecule has 2 rings (SSSR count). The Morgan fingerprint density at radius 1 is 1.15 bits per heavy atom. The van der Waals surface area contributed by atoms with E-state index in [1.54, 1.807) is 30.3 Å². The van der Waals surface area contributed by atoms with E-state index in [1.807, 2.05) is 0 Å². The summed E-state index contributed by atoms with van der Waals surface area (Å²) in [5.74, 6) is -0.443. The van der Waals surface area contributed by atoms with Gasteiger partial charge in [-0.15, -0.1) is 0 Å². The van der Waals surface area contributed by atoms with Gasteiger partial charge in [0.2, 0.25) is 5.78 Å². The number of carbonyl (C=O) groups is 2. The van der Waals surface area contributed by atoms with Crippen LogP contribution in [0.2, 0.25) is 0 Å². The van der Waals surface area contributed by atoms with Crippen LogP contribution in [0, 0.1) is 10.1 Å². The number of nitrogens with zero attached hydrogens (tertiary/aromatic N) is 1. The van der Waals surface area contributed by atoms with E-state index >= 15 is 0 Å². The number of carbonyl (C=O) groups excluding carboxylic acids is 2. The van der Waals surface area contributed by atoms with Crippen molar-refractivity contribution in [1.82, 2.24) is 0 Å². The van der Waals surface area contributed by atoms with Gasteiger partial charge in [-0.1, -0.05) is 12.1 Å². The summed E-state index contributed by atoms with van der Waals surface area (Å²) in [5, 5.41) is 10.7. The fraction of sp³-hybridized carbons (Fsp3) is 0.158. The van der Waals surface area contributed by atoms with Crippen LogP contribution >= 0.6 is 0 Å². The van der Waals surface area contributed by atoms with Gasteiger partial charge >= 0.3 is 5.97 Å². The van der Waals surface area contributed by atoms with Gasteiger partial charge in [-0.3, -0.25) is 14.9 Å². The average molecular weight is 355 g/mol. The predicted molar refractivity (Wildman–Crippen MR) is 95.0 cm³/mol. The molecule has 0 aliphatic rings. The van der Waals surface area contributed by atoms with Crippen molar-refractivity contribution in [1.29, 1.82) is 0 Å². The van der Waals surface area contributed by atoms with Gasteiger partial charge in [0.25, 0.3) is 5.69 Å². The van der Waals surface area contributed by atoms with E-state index in [4.69, 9.17) is 9.47 Å². The number of Topliss-reactive ketones (excluding diaryl/α,β-unsaturated/α-hetero) is 1. The molecule has 2 aromatic rings. The molecule has 0 aromatic heterocycles. The lowest BCUT2D eigenvalue weighted by atomic mass is 10.1. The SMILES string of the molecule is COc1ccc(C(=O)C(C)OC(=O)/C=C/c2cccc([N+](=O)[O-])c2)cc1. The number of non-ortho nitro benzene ring substituents is 1. The van der Waals surface area contributed by atoms with Crippen LogP contribution in [-0.2, 0) is 9.53 Å². The van der Waals surface area contributed by atoms with Crippen molar-refractivity contribution in [3.8, 4) is 5.75 Å².